The smallest absolute Gasteiger partial charge is 0.149 e. The molecule has 0 saturated carbocycles. The van der Waals surface area contributed by atoms with Crippen molar-refractivity contribution in [1.82, 2.24) is 0 Å². The molecular weight excluding hydrogens is 623 g/mol. The monoisotopic (exact) mass is 668 g/mol. The van der Waals surface area contributed by atoms with Crippen LogP contribution in [0.2, 0.25) is 0 Å². The molecule has 0 amide bonds. The van der Waals surface area contributed by atoms with Gasteiger partial charge in [-0.05, 0) is 71.2 Å². The fraction of sp³-hybridized carbons (Fsp3) is 0.350. The first-order valence-corrected chi connectivity index (χ1v) is 15.9. The lowest BCUT2D eigenvalue weighted by molar-refractivity contribution is 0.370. The summed E-state index contributed by atoms with van der Waals surface area (Å²) in [4.78, 5) is 0. The van der Waals surface area contributed by atoms with Crippen molar-refractivity contribution in [1.29, 1.82) is 0 Å². The molecule has 0 fully saturated rings. The largest absolute Gasteiger partial charge is 0.481 e. The van der Waals surface area contributed by atoms with Gasteiger partial charge in [-0.3, -0.25) is 0 Å². The van der Waals surface area contributed by atoms with Crippen LogP contribution in [0, 0.1) is 9.85 Å². The van der Waals surface area contributed by atoms with Gasteiger partial charge < -0.3 is 4.74 Å². The highest BCUT2D eigenvalue weighted by Crippen LogP contribution is 2.47. The molecule has 42 heavy (non-hydrogen) atoms. The Morgan fingerprint density at radius 1 is 0.452 bits per heavy atom. The second-order valence-corrected chi connectivity index (χ2v) is 14.9. The minimum absolute atomic E-state index is 0.0731. The van der Waals surface area contributed by atoms with Crippen molar-refractivity contribution in [3.05, 3.63) is 136 Å². The average molecular weight is 669 g/mol. The van der Waals surface area contributed by atoms with Gasteiger partial charge in [0.05, 0.1) is 5.41 Å². The van der Waals surface area contributed by atoms with Gasteiger partial charge in [-0.15, -0.1) is 0 Å². The molecule has 0 aliphatic rings. The van der Waals surface area contributed by atoms with E-state index < -0.39 is 5.41 Å². The highest BCUT2D eigenvalue weighted by molar-refractivity contribution is 14.1. The summed E-state index contributed by atoms with van der Waals surface area (Å²) >= 11 is 2.05. The predicted molar refractivity (Wildman–Crippen MR) is 188 cm³/mol. The zero-order valence-corrected chi connectivity index (χ0v) is 28.9. The number of rotatable bonds is 6. The first kappa shape index (κ1) is 31.9. The molecule has 0 radical (unpaired) electrons. The van der Waals surface area contributed by atoms with Crippen LogP contribution in [-0.2, 0) is 21.7 Å². The Balaban J connectivity index is 2.03. The molecule has 0 N–H and O–H groups in total. The third-order valence-corrected chi connectivity index (χ3v) is 8.60. The minimum Gasteiger partial charge on any atom is -0.481 e. The van der Waals surface area contributed by atoms with Gasteiger partial charge in [-0.2, -0.15) is 0 Å². The molecule has 0 aliphatic heterocycles. The lowest BCUT2D eigenvalue weighted by Crippen LogP contribution is -2.31. The second kappa shape index (κ2) is 12.3. The average Bonchev–Trinajstić information content (AvgIpc) is 2.94. The lowest BCUT2D eigenvalue weighted by atomic mass is 9.64. The van der Waals surface area contributed by atoms with Crippen LogP contribution in [0.1, 0.15) is 101 Å². The van der Waals surface area contributed by atoms with Crippen molar-refractivity contribution < 1.29 is 4.74 Å². The van der Waals surface area contributed by atoms with Gasteiger partial charge in [0.2, 0.25) is 0 Å². The Hall–Kier alpha value is -3.03. The van der Waals surface area contributed by atoms with E-state index in [0.29, 0.717) is 6.61 Å². The molecule has 0 saturated heterocycles. The predicted octanol–water partition coefficient (Wildman–Crippen LogP) is 10.7. The van der Waals surface area contributed by atoms with Crippen LogP contribution in [0.3, 0.4) is 0 Å². The minimum atomic E-state index is -0.524. The van der Waals surface area contributed by atoms with Crippen LogP contribution in [-0.4, -0.2) is 6.61 Å². The summed E-state index contributed by atoms with van der Waals surface area (Å²) in [6, 6.07) is 36.4. The van der Waals surface area contributed by atoms with Crippen molar-refractivity contribution in [2.45, 2.75) is 84.0 Å². The normalized spacial score (nSPS) is 12.4. The van der Waals surface area contributed by atoms with E-state index in [-0.39, 0.29) is 16.2 Å². The molecule has 218 valence electrons. The van der Waals surface area contributed by atoms with Crippen molar-refractivity contribution >= 4 is 22.6 Å². The Kier molecular flexibility index (Phi) is 9.34. The third-order valence-electron chi connectivity index (χ3n) is 8.22. The molecular formula is C40H45IO. The van der Waals surface area contributed by atoms with Gasteiger partial charge in [-0.1, -0.05) is 153 Å². The standard InChI is InChI=1S/C40H45IO/c1-37(2,3)29-11-17-32(18-12-29)40(33-19-13-30(14-20-33)38(4,5)6,34-21-15-31(16-22-34)39(7,8)9)35-23-25-36(26-24-35)42-28-10-27-41/h11-26H,28H2,1-9H3. The van der Waals surface area contributed by atoms with Gasteiger partial charge in [0, 0.05) is 22.6 Å². The van der Waals surface area contributed by atoms with E-state index in [9.17, 15) is 0 Å². The number of ether oxygens (including phenoxy) is 1. The number of hydrogen-bond acceptors (Lipinski definition) is 1. The van der Waals surface area contributed by atoms with Crippen molar-refractivity contribution in [2.24, 2.45) is 0 Å². The summed E-state index contributed by atoms with van der Waals surface area (Å²) < 4.78 is 8.79. The molecule has 4 aromatic carbocycles. The highest BCUT2D eigenvalue weighted by atomic mass is 127. The number of hydrogen-bond donors (Lipinski definition) is 0. The first-order valence-electron chi connectivity index (χ1n) is 14.8. The van der Waals surface area contributed by atoms with Gasteiger partial charge in [0.1, 0.15) is 12.4 Å². The quantitative estimate of drug-likeness (QED) is 0.113. The van der Waals surface area contributed by atoms with E-state index in [4.69, 9.17) is 4.74 Å². The zero-order valence-electron chi connectivity index (χ0n) is 26.7. The van der Waals surface area contributed by atoms with Crippen LogP contribution in [0.15, 0.2) is 97.1 Å². The van der Waals surface area contributed by atoms with Crippen molar-refractivity contribution in [2.75, 3.05) is 6.61 Å². The molecule has 0 spiro atoms. The van der Waals surface area contributed by atoms with E-state index in [1.807, 2.05) is 22.6 Å². The maximum atomic E-state index is 5.91. The molecule has 1 nitrogen and oxygen atoms in total. The molecule has 0 bridgehead atoms. The summed E-state index contributed by atoms with van der Waals surface area (Å²) in [5.74, 6) is 3.81. The van der Waals surface area contributed by atoms with Gasteiger partial charge in [-0.25, -0.2) is 0 Å². The molecule has 4 aromatic rings. The summed E-state index contributed by atoms with van der Waals surface area (Å²) in [6.07, 6.45) is 0. The molecule has 2 heteroatoms. The van der Waals surface area contributed by atoms with Crippen LogP contribution < -0.4 is 4.74 Å². The van der Waals surface area contributed by atoms with Crippen molar-refractivity contribution in [3.8, 4) is 15.6 Å². The maximum Gasteiger partial charge on any atom is 0.149 e. The zero-order chi connectivity index (χ0) is 30.8. The molecule has 4 rings (SSSR count). The van der Waals surface area contributed by atoms with E-state index in [1.54, 1.807) is 0 Å². The molecule has 0 aliphatic carbocycles. The molecule has 0 unspecified atom stereocenters. The Morgan fingerprint density at radius 2 is 0.714 bits per heavy atom. The summed E-state index contributed by atoms with van der Waals surface area (Å²) in [5, 5.41) is 0. The molecule has 0 heterocycles. The SMILES string of the molecule is CC(C)(C)c1ccc(C(c2ccc(OCC#CI)cc2)(c2ccc(C(C)(C)C)cc2)c2ccc(C(C)(C)C)cc2)cc1. The van der Waals surface area contributed by atoms with Gasteiger partial charge in [0.15, 0.2) is 0 Å². The highest BCUT2D eigenvalue weighted by Gasteiger charge is 2.39. The fourth-order valence-corrected chi connectivity index (χ4v) is 5.76. The summed E-state index contributed by atoms with van der Waals surface area (Å²) in [7, 11) is 0. The van der Waals surface area contributed by atoms with Gasteiger partial charge >= 0.3 is 0 Å². The third kappa shape index (κ3) is 6.78. The van der Waals surface area contributed by atoms with E-state index in [0.717, 1.165) is 5.75 Å². The van der Waals surface area contributed by atoms with Crippen molar-refractivity contribution in [3.63, 3.8) is 0 Å². The lowest BCUT2D eigenvalue weighted by Gasteiger charge is -2.38. The Morgan fingerprint density at radius 3 is 0.976 bits per heavy atom. The Labute approximate surface area is 268 Å². The topological polar surface area (TPSA) is 9.23 Å². The van der Waals surface area contributed by atoms with Crippen LogP contribution in [0.5, 0.6) is 5.75 Å². The first-order chi connectivity index (χ1) is 19.7. The molecule has 0 aromatic heterocycles. The fourth-order valence-electron chi connectivity index (χ4n) is 5.61. The van der Waals surface area contributed by atoms with Gasteiger partial charge in [0.25, 0.3) is 0 Å². The second-order valence-electron chi connectivity index (χ2n) is 14.3. The van der Waals surface area contributed by atoms with E-state index in [1.165, 1.54) is 38.9 Å². The van der Waals surface area contributed by atoms with Crippen LogP contribution in [0.4, 0.5) is 0 Å². The van der Waals surface area contributed by atoms with E-state index in [2.05, 4.69) is 169 Å². The molecule has 0 atom stereocenters. The number of halogens is 1. The Bertz CT molecular complexity index is 1390. The van der Waals surface area contributed by atoms with E-state index >= 15 is 0 Å². The van der Waals surface area contributed by atoms with Crippen LogP contribution in [0.25, 0.3) is 0 Å². The summed E-state index contributed by atoms with van der Waals surface area (Å²) in [6.45, 7) is 20.8. The maximum absolute atomic E-state index is 5.91. The van der Waals surface area contributed by atoms with Crippen LogP contribution >= 0.6 is 22.6 Å². The summed E-state index contributed by atoms with van der Waals surface area (Å²) in [5.41, 5.74) is 8.60. The number of benzene rings is 4.